The summed E-state index contributed by atoms with van der Waals surface area (Å²) in [7, 11) is 0. The van der Waals surface area contributed by atoms with Crippen molar-refractivity contribution in [3.63, 3.8) is 0 Å². The molecule has 0 saturated heterocycles. The highest BCUT2D eigenvalue weighted by Gasteiger charge is 2.07. The van der Waals surface area contributed by atoms with Crippen LogP contribution < -0.4 is 0 Å². The molecule has 0 radical (unpaired) electrons. The molecule has 0 aliphatic rings. The Morgan fingerprint density at radius 2 is 2.18 bits per heavy atom. The predicted molar refractivity (Wildman–Crippen MR) is 45.1 cm³/mol. The number of phenols is 1. The largest absolute Gasteiger partial charge is 0.504 e. The first-order valence-corrected chi connectivity index (χ1v) is 4.12. The third-order valence-corrected chi connectivity index (χ3v) is 2.41. The van der Waals surface area contributed by atoms with E-state index in [-0.39, 0.29) is 5.75 Å². The Morgan fingerprint density at radius 1 is 1.55 bits per heavy atom. The van der Waals surface area contributed by atoms with Crippen LogP contribution in [0.4, 0.5) is 4.39 Å². The van der Waals surface area contributed by atoms with Gasteiger partial charge in [0.05, 0.1) is 4.47 Å². The minimum absolute atomic E-state index is 0.302. The standard InChI is InChI=1S/C8H8BrFO/c1-2-5-3-4-6(10)8(11)7(5)9/h3-4,11H,2H2,1H3. The second-order valence-electron chi connectivity index (χ2n) is 2.22. The maximum atomic E-state index is 12.6. The third-order valence-electron chi connectivity index (χ3n) is 1.53. The minimum atomic E-state index is -0.589. The van der Waals surface area contributed by atoms with E-state index in [0.29, 0.717) is 4.47 Å². The Balaban J connectivity index is 3.25. The van der Waals surface area contributed by atoms with Gasteiger partial charge in [-0.3, -0.25) is 0 Å². The summed E-state index contributed by atoms with van der Waals surface area (Å²) in [5.41, 5.74) is 0.906. The first-order valence-electron chi connectivity index (χ1n) is 3.32. The molecule has 1 N–H and O–H groups in total. The van der Waals surface area contributed by atoms with Crippen LogP contribution in [0.2, 0.25) is 0 Å². The molecule has 0 aliphatic carbocycles. The molecule has 0 heterocycles. The molecule has 0 aromatic heterocycles. The van der Waals surface area contributed by atoms with Crippen LogP contribution in [-0.2, 0) is 6.42 Å². The van der Waals surface area contributed by atoms with Crippen molar-refractivity contribution < 1.29 is 9.50 Å². The Kier molecular flexibility index (Phi) is 2.49. The summed E-state index contributed by atoms with van der Waals surface area (Å²) in [6.45, 7) is 1.94. The van der Waals surface area contributed by atoms with E-state index >= 15 is 0 Å². The van der Waals surface area contributed by atoms with Gasteiger partial charge in [-0.25, -0.2) is 4.39 Å². The summed E-state index contributed by atoms with van der Waals surface area (Å²) in [6.07, 6.45) is 0.772. The van der Waals surface area contributed by atoms with Crippen LogP contribution >= 0.6 is 15.9 Å². The zero-order valence-electron chi connectivity index (χ0n) is 6.06. The second kappa shape index (κ2) is 3.22. The predicted octanol–water partition coefficient (Wildman–Crippen LogP) is 2.86. The number of aromatic hydroxyl groups is 1. The number of phenolic OH excluding ortho intramolecular Hbond substituents is 1. The second-order valence-corrected chi connectivity index (χ2v) is 3.02. The van der Waals surface area contributed by atoms with Crippen molar-refractivity contribution in [2.24, 2.45) is 0 Å². The number of halogens is 2. The topological polar surface area (TPSA) is 20.2 Å². The SMILES string of the molecule is CCc1ccc(F)c(O)c1Br. The van der Waals surface area contributed by atoms with Crippen molar-refractivity contribution in [3.8, 4) is 5.75 Å². The van der Waals surface area contributed by atoms with Gasteiger partial charge in [-0.1, -0.05) is 13.0 Å². The molecule has 3 heteroatoms. The summed E-state index contributed by atoms with van der Waals surface area (Å²) >= 11 is 3.10. The number of hydrogen-bond donors (Lipinski definition) is 1. The molecule has 0 fully saturated rings. The van der Waals surface area contributed by atoms with Gasteiger partial charge >= 0.3 is 0 Å². The van der Waals surface area contributed by atoms with E-state index in [1.165, 1.54) is 6.07 Å². The van der Waals surface area contributed by atoms with E-state index in [1.54, 1.807) is 6.07 Å². The van der Waals surface area contributed by atoms with Crippen LogP contribution in [0.25, 0.3) is 0 Å². The summed E-state index contributed by atoms with van der Waals surface area (Å²) in [6, 6.07) is 2.91. The van der Waals surface area contributed by atoms with Crippen LogP contribution in [0.1, 0.15) is 12.5 Å². The summed E-state index contributed by atoms with van der Waals surface area (Å²) in [4.78, 5) is 0. The van der Waals surface area contributed by atoms with Crippen LogP contribution in [-0.4, -0.2) is 5.11 Å². The van der Waals surface area contributed by atoms with Gasteiger partial charge in [0.1, 0.15) is 0 Å². The number of benzene rings is 1. The van der Waals surface area contributed by atoms with Crippen molar-refractivity contribution in [1.82, 2.24) is 0 Å². The Morgan fingerprint density at radius 3 is 2.73 bits per heavy atom. The molecule has 0 atom stereocenters. The Hall–Kier alpha value is -0.570. The van der Waals surface area contributed by atoms with Crippen molar-refractivity contribution in [2.75, 3.05) is 0 Å². The monoisotopic (exact) mass is 218 g/mol. The van der Waals surface area contributed by atoms with Gasteiger partial charge in [0.25, 0.3) is 0 Å². The molecule has 60 valence electrons. The van der Waals surface area contributed by atoms with Crippen molar-refractivity contribution in [1.29, 1.82) is 0 Å². The molecule has 0 spiro atoms. The smallest absolute Gasteiger partial charge is 0.166 e. The fourth-order valence-corrected chi connectivity index (χ4v) is 1.46. The lowest BCUT2D eigenvalue weighted by molar-refractivity contribution is 0.428. The lowest BCUT2D eigenvalue weighted by Gasteiger charge is -2.03. The highest BCUT2D eigenvalue weighted by atomic mass is 79.9. The van der Waals surface area contributed by atoms with E-state index in [0.717, 1.165) is 12.0 Å². The molecule has 0 bridgehead atoms. The normalized spacial score (nSPS) is 10.1. The molecule has 0 unspecified atom stereocenters. The van der Waals surface area contributed by atoms with Crippen molar-refractivity contribution in [3.05, 3.63) is 28.0 Å². The Bertz CT molecular complexity index is 273. The maximum absolute atomic E-state index is 12.6. The zero-order valence-corrected chi connectivity index (χ0v) is 7.65. The summed E-state index contributed by atoms with van der Waals surface area (Å²) < 4.78 is 13.1. The molecule has 1 rings (SSSR count). The van der Waals surface area contributed by atoms with E-state index in [9.17, 15) is 4.39 Å². The number of aryl methyl sites for hydroxylation is 1. The van der Waals surface area contributed by atoms with E-state index in [1.807, 2.05) is 6.92 Å². The van der Waals surface area contributed by atoms with Gasteiger partial charge in [0, 0.05) is 0 Å². The minimum Gasteiger partial charge on any atom is -0.504 e. The highest BCUT2D eigenvalue weighted by molar-refractivity contribution is 9.10. The molecular formula is C8H8BrFO. The zero-order chi connectivity index (χ0) is 8.43. The van der Waals surface area contributed by atoms with Gasteiger partial charge in [0.15, 0.2) is 11.6 Å². The van der Waals surface area contributed by atoms with Gasteiger partial charge in [-0.2, -0.15) is 0 Å². The Labute approximate surface area is 73.0 Å². The van der Waals surface area contributed by atoms with E-state index < -0.39 is 5.82 Å². The van der Waals surface area contributed by atoms with Gasteiger partial charge in [-0.05, 0) is 34.0 Å². The van der Waals surface area contributed by atoms with E-state index in [4.69, 9.17) is 5.11 Å². The average molecular weight is 219 g/mol. The van der Waals surface area contributed by atoms with Gasteiger partial charge < -0.3 is 5.11 Å². The quantitative estimate of drug-likeness (QED) is 0.769. The molecule has 0 saturated carbocycles. The molecule has 1 aromatic carbocycles. The third kappa shape index (κ3) is 1.53. The van der Waals surface area contributed by atoms with Gasteiger partial charge in [-0.15, -0.1) is 0 Å². The highest BCUT2D eigenvalue weighted by Crippen LogP contribution is 2.30. The molecule has 0 aliphatic heterocycles. The summed E-state index contributed by atoms with van der Waals surface area (Å²) in [5.74, 6) is -0.890. The fourth-order valence-electron chi connectivity index (χ4n) is 0.856. The molecular weight excluding hydrogens is 211 g/mol. The lowest BCUT2D eigenvalue weighted by Crippen LogP contribution is -1.85. The lowest BCUT2D eigenvalue weighted by atomic mass is 10.1. The number of rotatable bonds is 1. The van der Waals surface area contributed by atoms with Crippen molar-refractivity contribution in [2.45, 2.75) is 13.3 Å². The number of hydrogen-bond acceptors (Lipinski definition) is 1. The molecule has 1 aromatic rings. The van der Waals surface area contributed by atoms with Gasteiger partial charge in [0.2, 0.25) is 0 Å². The fraction of sp³-hybridized carbons (Fsp3) is 0.250. The molecule has 11 heavy (non-hydrogen) atoms. The first-order chi connectivity index (χ1) is 5.16. The van der Waals surface area contributed by atoms with Crippen molar-refractivity contribution >= 4 is 15.9 Å². The molecule has 0 amide bonds. The van der Waals surface area contributed by atoms with Crippen LogP contribution in [0.5, 0.6) is 5.75 Å². The van der Waals surface area contributed by atoms with E-state index in [2.05, 4.69) is 15.9 Å². The van der Waals surface area contributed by atoms with Crippen LogP contribution in [0.15, 0.2) is 16.6 Å². The summed E-state index contributed by atoms with van der Waals surface area (Å²) in [5, 5.41) is 9.10. The van der Waals surface area contributed by atoms with Crippen LogP contribution in [0, 0.1) is 5.82 Å². The first kappa shape index (κ1) is 8.53. The van der Waals surface area contributed by atoms with Crippen LogP contribution in [0.3, 0.4) is 0 Å². The average Bonchev–Trinajstić information content (AvgIpc) is 2.01. The maximum Gasteiger partial charge on any atom is 0.166 e. The molecule has 1 nitrogen and oxygen atoms in total.